The van der Waals surface area contributed by atoms with Crippen LogP contribution >= 0.6 is 0 Å². The lowest BCUT2D eigenvalue weighted by molar-refractivity contribution is -0.171. The van der Waals surface area contributed by atoms with Gasteiger partial charge in [-0.05, 0) is 155 Å². The summed E-state index contributed by atoms with van der Waals surface area (Å²) in [6.07, 6.45) is 16.9. The number of aromatic hydroxyl groups is 4. The molecule has 15 atom stereocenters. The lowest BCUT2D eigenvalue weighted by atomic mass is 9.66. The summed E-state index contributed by atoms with van der Waals surface area (Å²) < 4.78 is 116. The minimum atomic E-state index is -1.40. The van der Waals surface area contributed by atoms with E-state index in [4.69, 9.17) is 94.7 Å². The molecule has 15 unspecified atom stereocenters. The summed E-state index contributed by atoms with van der Waals surface area (Å²) in [6.45, 7) is 21.9. The molecule has 0 amide bonds. The number of hydrogen-bond donors (Lipinski definition) is 5. The highest BCUT2D eigenvalue weighted by Crippen LogP contribution is 2.63. The fourth-order valence-corrected chi connectivity index (χ4v) is 24.7. The number of ether oxygens (including phenoxy) is 20. The first-order chi connectivity index (χ1) is 69.0. The Morgan fingerprint density at radius 2 is 0.697 bits per heavy atom. The van der Waals surface area contributed by atoms with Crippen LogP contribution < -0.4 is 94.7 Å². The number of fused-ring (bicyclic) bond motifs is 11. The number of aliphatic hydroxyl groups is 1. The van der Waals surface area contributed by atoms with E-state index < -0.39 is 11.5 Å². The molecule has 15 aliphatic rings. The van der Waals surface area contributed by atoms with Gasteiger partial charge < -0.3 is 120 Å². The predicted octanol–water partition coefficient (Wildman–Crippen LogP) is 20.2. The van der Waals surface area contributed by atoms with Gasteiger partial charge in [-0.2, -0.15) is 0 Å². The Bertz CT molecular complexity index is 6230. The van der Waals surface area contributed by atoms with Gasteiger partial charge >= 0.3 is 0 Å². The normalized spacial score (nSPS) is 27.3. The molecule has 29 heteroatoms. The highest BCUT2D eigenvalue weighted by atomic mass is 16.7. The van der Waals surface area contributed by atoms with Crippen LogP contribution in [0, 0.1) is 29.6 Å². The highest BCUT2D eigenvalue weighted by Gasteiger charge is 2.57. The summed E-state index contributed by atoms with van der Waals surface area (Å²) >= 11 is 0. The third-order valence-electron chi connectivity index (χ3n) is 32.2. The van der Waals surface area contributed by atoms with Crippen molar-refractivity contribution < 1.29 is 120 Å². The Morgan fingerprint density at radius 1 is 0.310 bits per heavy atom. The zero-order valence-electron chi connectivity index (χ0n) is 82.7. The van der Waals surface area contributed by atoms with Crippen LogP contribution in [0.4, 0.5) is 0 Å². The molecular weight excluding hydrogens is 1810 g/mol. The molecular formula is C113H130N4O25. The fourth-order valence-electron chi connectivity index (χ4n) is 24.7. The third-order valence-corrected chi connectivity index (χ3v) is 32.2. The number of benzene rings is 10. The van der Waals surface area contributed by atoms with Crippen molar-refractivity contribution in [3.8, 4) is 138 Å². The van der Waals surface area contributed by atoms with Gasteiger partial charge in [-0.25, -0.2) is 0 Å². The molecule has 0 aromatic heterocycles. The first kappa shape index (κ1) is 95.4. The zero-order chi connectivity index (χ0) is 98.0. The van der Waals surface area contributed by atoms with Crippen molar-refractivity contribution in [2.24, 2.45) is 29.6 Å². The van der Waals surface area contributed by atoms with Gasteiger partial charge in [0.05, 0.1) is 35.5 Å². The maximum Gasteiger partial charge on any atom is 0.231 e. The molecule has 14 aliphatic heterocycles. The van der Waals surface area contributed by atoms with Gasteiger partial charge in [0.1, 0.15) is 40.2 Å². The molecule has 0 bridgehead atoms. The summed E-state index contributed by atoms with van der Waals surface area (Å²) in [4.78, 5) is 9.97. The van der Waals surface area contributed by atoms with Crippen molar-refractivity contribution in [2.45, 2.75) is 191 Å². The Hall–Kier alpha value is -12.8. The Kier molecular flexibility index (Phi) is 26.8. The Labute approximate surface area is 829 Å². The quantitative estimate of drug-likeness (QED) is 0.0676. The van der Waals surface area contributed by atoms with Gasteiger partial charge in [0.15, 0.2) is 116 Å². The summed E-state index contributed by atoms with van der Waals surface area (Å²) in [7, 11) is 7.91. The van der Waals surface area contributed by atoms with Gasteiger partial charge in [0, 0.05) is 200 Å². The average Bonchev–Trinajstić information content (AvgIpc) is 1.20. The minimum Gasteiger partial charge on any atom is -0.508 e. The van der Waals surface area contributed by atoms with Crippen LogP contribution in [-0.2, 0) is 0 Å². The summed E-state index contributed by atoms with van der Waals surface area (Å²) in [5.74, 6) is 13.3. The lowest BCUT2D eigenvalue weighted by Crippen LogP contribution is -2.61. The van der Waals surface area contributed by atoms with E-state index >= 15 is 0 Å². The van der Waals surface area contributed by atoms with Crippen LogP contribution in [0.3, 0.4) is 0 Å². The van der Waals surface area contributed by atoms with Crippen molar-refractivity contribution >= 4 is 0 Å². The molecule has 29 nitrogen and oxygen atoms in total. The second-order valence-electron chi connectivity index (χ2n) is 40.0. The van der Waals surface area contributed by atoms with Crippen molar-refractivity contribution in [2.75, 3.05) is 122 Å². The third kappa shape index (κ3) is 17.6. The highest BCUT2D eigenvalue weighted by molar-refractivity contribution is 5.65. The first-order valence-corrected chi connectivity index (χ1v) is 50.4. The molecule has 10 aromatic carbocycles. The zero-order valence-corrected chi connectivity index (χ0v) is 82.7. The molecule has 1 saturated carbocycles. The van der Waals surface area contributed by atoms with E-state index in [9.17, 15) is 25.5 Å². The van der Waals surface area contributed by atoms with Crippen LogP contribution in [-0.4, -0.2) is 197 Å². The molecule has 0 radical (unpaired) electrons. The minimum absolute atomic E-state index is 0.00644. The van der Waals surface area contributed by atoms with E-state index in [1.807, 2.05) is 104 Å². The Balaban J connectivity index is 0.000000105. The van der Waals surface area contributed by atoms with Crippen molar-refractivity contribution in [3.63, 3.8) is 0 Å². The predicted molar refractivity (Wildman–Crippen MR) is 527 cm³/mol. The van der Waals surface area contributed by atoms with Gasteiger partial charge in [-0.1, -0.05) is 102 Å². The number of likely N-dealkylation sites (tertiary alicyclic amines) is 4. The molecule has 1 aliphatic carbocycles. The molecule has 5 fully saturated rings. The van der Waals surface area contributed by atoms with Crippen molar-refractivity contribution in [1.29, 1.82) is 0 Å². The second kappa shape index (κ2) is 39.8. The van der Waals surface area contributed by atoms with Crippen LogP contribution in [0.2, 0.25) is 0 Å². The van der Waals surface area contributed by atoms with E-state index in [-0.39, 0.29) is 123 Å². The number of piperidine rings is 2. The molecule has 25 rings (SSSR count). The second-order valence-corrected chi connectivity index (χ2v) is 40.0. The Morgan fingerprint density at radius 3 is 1.15 bits per heavy atom. The molecule has 14 heterocycles. The molecule has 0 spiro atoms. The van der Waals surface area contributed by atoms with Crippen LogP contribution in [0.5, 0.6) is 138 Å². The largest absolute Gasteiger partial charge is 0.508 e. The van der Waals surface area contributed by atoms with E-state index in [0.29, 0.717) is 69.0 Å². The molecule has 752 valence electrons. The number of phenolic OH excluding ortho intramolecular Hbond substituents is 4. The summed E-state index contributed by atoms with van der Waals surface area (Å²) in [5.41, 5.74) is 9.22. The number of nitrogens with zero attached hydrogens (tertiary/aromatic N) is 4. The smallest absolute Gasteiger partial charge is 0.231 e. The number of para-hydroxylation sites is 3. The van der Waals surface area contributed by atoms with Crippen molar-refractivity contribution in [3.05, 3.63) is 213 Å². The van der Waals surface area contributed by atoms with E-state index in [0.717, 1.165) is 161 Å². The van der Waals surface area contributed by atoms with E-state index in [1.165, 1.54) is 102 Å². The van der Waals surface area contributed by atoms with E-state index in [2.05, 4.69) is 83.7 Å². The summed E-state index contributed by atoms with van der Waals surface area (Å²) in [5, 5.41) is 53.4. The summed E-state index contributed by atoms with van der Waals surface area (Å²) in [6, 6.07) is 50.8. The van der Waals surface area contributed by atoms with Crippen molar-refractivity contribution in [1.82, 2.24) is 19.6 Å². The average molecular weight is 1940 g/mol. The van der Waals surface area contributed by atoms with Gasteiger partial charge in [-0.15, -0.1) is 0 Å². The standard InChI is InChI=1S/C25H29NO4.C24H29NO6.C23H27NO5.C22H25NO4.C19H20O6/c1-27-18-9-7-17(8-10-18)24-19-14-22-23(29-16-28-22)15-21(19)30-25(26-12-4-5-13-26)11-3-2-6-20(24)25;1-14-22(15-9-20(27-2)23(26)21(10-15)28-3)16-11-18-19(30-13-29-18)12-17(16)31-24(14)25-7-5-4-6-8-25;1-14-21(15-7-6-8-17(26-3)22(15)25)16-11-19-20(28-13-27-19)12-18(16)29-23(14,2)24-9-4-5-10-24;1-14-21(15-7-3-4-8-17(15)24)16-11-19-20(26-13-25-19)12-18(16)27-22(14)23-9-5-2-6-10-23;1-10-17(11-5-4-6-13(22-3)18(11)20)12-7-15-16(24-9-23-15)8-14(12)25-19(10,2)21/h7-10,14-15,20,24H,2-6,11-13,16H2,1H3;9-12,14,22,24,26H,4-8,13H2,1-3H3;6-8,11-12,14,21,25H,4-5,9-10,13H2,1-3H3;3-4,7-8,11-12,14,21-22,24H,2,5-6,9-10,13H2,1H3;4-8,10,17,20-21H,9H2,1-3H3. The van der Waals surface area contributed by atoms with Crippen LogP contribution in [0.1, 0.15) is 217 Å². The van der Waals surface area contributed by atoms with Gasteiger partial charge in [-0.3, -0.25) is 19.6 Å². The topological polar surface area (TPSA) is 299 Å². The molecule has 10 aromatic rings. The maximum absolute atomic E-state index is 11.0. The monoisotopic (exact) mass is 1940 g/mol. The van der Waals surface area contributed by atoms with E-state index in [1.54, 1.807) is 59.6 Å². The maximum atomic E-state index is 11.0. The van der Waals surface area contributed by atoms with Crippen LogP contribution in [0.15, 0.2) is 158 Å². The molecule has 5 N–H and O–H groups in total. The van der Waals surface area contributed by atoms with Crippen LogP contribution in [0.25, 0.3) is 0 Å². The number of methoxy groups -OCH3 is 5. The molecule has 4 saturated heterocycles. The van der Waals surface area contributed by atoms with Gasteiger partial charge in [0.25, 0.3) is 0 Å². The number of rotatable bonds is 14. The fraction of sp³-hybridized carbons (Fsp3) is 0.469. The SMILES string of the molecule is CC1C(c2ccccc2O)c2cc3c(cc2OC1N1CCCCC1)OCO3.COc1cc(C2c3cc4c(cc3OC(N3CCCCC3)C2C)OCO4)cc(OC)c1O.COc1ccc(C2c3cc4c(cc3OC3(N5CCCC5)CCCCC23)OCO4)cc1.COc1cccc(C2c3cc4c(cc3OC(C)(N3CCCC3)C2C)OCO4)c1O.COc1cccc(C2c3cc4c(cc3OC(C)(O)C2C)OCO4)c1O. The van der Waals surface area contributed by atoms with Gasteiger partial charge in [0.2, 0.25) is 45.5 Å². The lowest BCUT2D eigenvalue weighted by Gasteiger charge is -2.55. The number of phenols is 4. The first-order valence-electron chi connectivity index (χ1n) is 50.4. The molecule has 142 heavy (non-hydrogen) atoms. The number of hydrogen-bond acceptors (Lipinski definition) is 29.